The Balaban J connectivity index is 0.00000341. The lowest BCUT2D eigenvalue weighted by Crippen LogP contribution is -2.37. The SMILES string of the molecule is CCOc1ccc(Oc2cc(CNC(=NC)NCCc3ccccn3)ccn2)cc1.I. The summed E-state index contributed by atoms with van der Waals surface area (Å²) in [6, 6.07) is 17.3. The summed E-state index contributed by atoms with van der Waals surface area (Å²) in [5, 5.41) is 6.60. The molecule has 0 atom stereocenters. The van der Waals surface area contributed by atoms with Crippen molar-refractivity contribution in [3.05, 3.63) is 78.2 Å². The van der Waals surface area contributed by atoms with E-state index >= 15 is 0 Å². The van der Waals surface area contributed by atoms with Crippen LogP contribution in [0.5, 0.6) is 17.4 Å². The second kappa shape index (κ2) is 13.4. The zero-order valence-corrected chi connectivity index (χ0v) is 20.1. The van der Waals surface area contributed by atoms with Gasteiger partial charge in [-0.05, 0) is 55.0 Å². The Kier molecular flexibility index (Phi) is 10.6. The van der Waals surface area contributed by atoms with Gasteiger partial charge in [-0.1, -0.05) is 6.07 Å². The molecule has 0 amide bonds. The lowest BCUT2D eigenvalue weighted by atomic mass is 10.2. The Bertz CT molecular complexity index is 936. The van der Waals surface area contributed by atoms with Crippen LogP contribution in [0.25, 0.3) is 0 Å². The average Bonchev–Trinajstić information content (AvgIpc) is 2.78. The number of pyridine rings is 2. The molecule has 1 aromatic carbocycles. The van der Waals surface area contributed by atoms with Gasteiger partial charge in [-0.3, -0.25) is 9.98 Å². The average molecular weight is 533 g/mol. The third kappa shape index (κ3) is 8.41. The molecule has 0 saturated carbocycles. The summed E-state index contributed by atoms with van der Waals surface area (Å²) in [6.45, 7) is 3.95. The fraction of sp³-hybridized carbons (Fsp3) is 0.261. The largest absolute Gasteiger partial charge is 0.494 e. The number of nitrogens with zero attached hydrogens (tertiary/aromatic N) is 3. The predicted octanol–water partition coefficient (Wildman–Crippen LogP) is 4.19. The molecule has 0 fully saturated rings. The third-order valence-electron chi connectivity index (χ3n) is 4.24. The molecule has 0 saturated heterocycles. The molecule has 8 heteroatoms. The molecule has 0 unspecified atom stereocenters. The highest BCUT2D eigenvalue weighted by Gasteiger charge is 2.03. The number of ether oxygens (including phenoxy) is 2. The minimum Gasteiger partial charge on any atom is -0.494 e. The molecule has 3 rings (SSSR count). The fourth-order valence-electron chi connectivity index (χ4n) is 2.77. The van der Waals surface area contributed by atoms with Gasteiger partial charge in [-0.15, -0.1) is 24.0 Å². The van der Waals surface area contributed by atoms with Crippen LogP contribution < -0.4 is 20.1 Å². The Hall–Kier alpha value is -2.88. The Morgan fingerprint density at radius 3 is 2.48 bits per heavy atom. The minimum atomic E-state index is 0. The van der Waals surface area contributed by atoms with Crippen molar-refractivity contribution in [2.75, 3.05) is 20.2 Å². The molecule has 0 radical (unpaired) electrons. The lowest BCUT2D eigenvalue weighted by molar-refractivity contribution is 0.339. The van der Waals surface area contributed by atoms with Crippen LogP contribution in [-0.2, 0) is 13.0 Å². The number of aromatic nitrogens is 2. The van der Waals surface area contributed by atoms with Crippen molar-refractivity contribution < 1.29 is 9.47 Å². The quantitative estimate of drug-likeness (QED) is 0.244. The number of halogens is 1. The number of hydrogen-bond acceptors (Lipinski definition) is 5. The van der Waals surface area contributed by atoms with Gasteiger partial charge in [-0.2, -0.15) is 0 Å². The minimum absolute atomic E-state index is 0. The van der Waals surface area contributed by atoms with Crippen LogP contribution in [0.15, 0.2) is 72.0 Å². The van der Waals surface area contributed by atoms with Crippen molar-refractivity contribution in [1.29, 1.82) is 0 Å². The highest BCUT2D eigenvalue weighted by molar-refractivity contribution is 14.0. The molecule has 31 heavy (non-hydrogen) atoms. The van der Waals surface area contributed by atoms with Crippen molar-refractivity contribution in [2.45, 2.75) is 19.9 Å². The van der Waals surface area contributed by atoms with Gasteiger partial charge in [0.05, 0.1) is 6.61 Å². The van der Waals surface area contributed by atoms with E-state index in [2.05, 4.69) is 25.6 Å². The van der Waals surface area contributed by atoms with E-state index in [-0.39, 0.29) is 24.0 Å². The van der Waals surface area contributed by atoms with Crippen LogP contribution in [0.3, 0.4) is 0 Å². The monoisotopic (exact) mass is 533 g/mol. The highest BCUT2D eigenvalue weighted by Crippen LogP contribution is 2.23. The number of aliphatic imine (C=N–C) groups is 1. The Morgan fingerprint density at radius 1 is 0.968 bits per heavy atom. The van der Waals surface area contributed by atoms with E-state index in [0.717, 1.165) is 35.9 Å². The molecular formula is C23H28IN5O2. The maximum absolute atomic E-state index is 5.85. The normalized spacial score (nSPS) is 10.7. The zero-order valence-electron chi connectivity index (χ0n) is 17.7. The third-order valence-corrected chi connectivity index (χ3v) is 4.24. The second-order valence-electron chi connectivity index (χ2n) is 6.43. The standard InChI is InChI=1S/C23H27N5O2.HI/c1-3-29-20-7-9-21(10-8-20)30-22-16-18(11-14-26-22)17-28-23(24-2)27-15-12-19-6-4-5-13-25-19;/h4-11,13-14,16H,3,12,15,17H2,1-2H3,(H2,24,27,28);1H. The second-order valence-corrected chi connectivity index (χ2v) is 6.43. The summed E-state index contributed by atoms with van der Waals surface area (Å²) in [6.07, 6.45) is 4.37. The molecule has 0 aliphatic heterocycles. The van der Waals surface area contributed by atoms with Gasteiger partial charge in [0.1, 0.15) is 11.5 Å². The molecule has 3 aromatic rings. The summed E-state index contributed by atoms with van der Waals surface area (Å²) in [7, 11) is 1.75. The molecule has 0 spiro atoms. The van der Waals surface area contributed by atoms with Crippen molar-refractivity contribution in [3.63, 3.8) is 0 Å². The first kappa shape index (κ1) is 24.4. The van der Waals surface area contributed by atoms with E-state index in [1.165, 1.54) is 0 Å². The van der Waals surface area contributed by atoms with Gasteiger partial charge >= 0.3 is 0 Å². The summed E-state index contributed by atoms with van der Waals surface area (Å²) >= 11 is 0. The molecule has 0 aliphatic rings. The van der Waals surface area contributed by atoms with Crippen molar-refractivity contribution >= 4 is 29.9 Å². The first-order valence-electron chi connectivity index (χ1n) is 9.97. The number of hydrogen-bond donors (Lipinski definition) is 2. The van der Waals surface area contributed by atoms with Crippen LogP contribution in [0.1, 0.15) is 18.2 Å². The number of benzene rings is 1. The first-order chi connectivity index (χ1) is 14.8. The van der Waals surface area contributed by atoms with Crippen LogP contribution in [0.2, 0.25) is 0 Å². The highest BCUT2D eigenvalue weighted by atomic mass is 127. The molecule has 164 valence electrons. The van der Waals surface area contributed by atoms with Gasteiger partial charge in [0.2, 0.25) is 5.88 Å². The summed E-state index contributed by atoms with van der Waals surface area (Å²) in [5.74, 6) is 2.80. The van der Waals surface area contributed by atoms with Crippen LogP contribution >= 0.6 is 24.0 Å². The van der Waals surface area contributed by atoms with Crippen molar-refractivity contribution in [1.82, 2.24) is 20.6 Å². The topological polar surface area (TPSA) is 80.7 Å². The van der Waals surface area contributed by atoms with E-state index in [0.29, 0.717) is 24.8 Å². The molecule has 2 aromatic heterocycles. The number of nitrogens with one attached hydrogen (secondary N) is 2. The van der Waals surface area contributed by atoms with Gasteiger partial charge in [0.25, 0.3) is 0 Å². The summed E-state index contributed by atoms with van der Waals surface area (Å²) in [4.78, 5) is 12.9. The molecule has 0 aliphatic carbocycles. The summed E-state index contributed by atoms with van der Waals surface area (Å²) < 4.78 is 11.3. The van der Waals surface area contributed by atoms with E-state index in [4.69, 9.17) is 9.47 Å². The van der Waals surface area contributed by atoms with E-state index in [1.54, 1.807) is 19.4 Å². The number of rotatable bonds is 9. The van der Waals surface area contributed by atoms with Crippen LogP contribution in [0.4, 0.5) is 0 Å². The smallest absolute Gasteiger partial charge is 0.219 e. The predicted molar refractivity (Wildman–Crippen MR) is 133 cm³/mol. The maximum atomic E-state index is 5.85. The Morgan fingerprint density at radius 2 is 1.77 bits per heavy atom. The van der Waals surface area contributed by atoms with Crippen molar-refractivity contribution in [2.24, 2.45) is 4.99 Å². The maximum Gasteiger partial charge on any atom is 0.219 e. The van der Waals surface area contributed by atoms with Crippen molar-refractivity contribution in [3.8, 4) is 17.4 Å². The molecular weight excluding hydrogens is 505 g/mol. The fourth-order valence-corrected chi connectivity index (χ4v) is 2.77. The Labute approximate surface area is 200 Å². The van der Waals surface area contributed by atoms with Crippen LogP contribution in [-0.4, -0.2) is 36.1 Å². The number of guanidine groups is 1. The zero-order chi connectivity index (χ0) is 21.0. The molecule has 2 N–H and O–H groups in total. The molecule has 0 bridgehead atoms. The van der Waals surface area contributed by atoms with E-state index < -0.39 is 0 Å². The molecule has 7 nitrogen and oxygen atoms in total. The van der Waals surface area contributed by atoms with Gasteiger partial charge < -0.3 is 20.1 Å². The van der Waals surface area contributed by atoms with E-state index in [1.807, 2.05) is 61.5 Å². The van der Waals surface area contributed by atoms with Gasteiger partial charge in [-0.25, -0.2) is 4.98 Å². The van der Waals surface area contributed by atoms with Crippen LogP contribution in [0, 0.1) is 0 Å². The van der Waals surface area contributed by atoms with E-state index in [9.17, 15) is 0 Å². The van der Waals surface area contributed by atoms with Gasteiger partial charge in [0, 0.05) is 50.7 Å². The molecule has 2 heterocycles. The summed E-state index contributed by atoms with van der Waals surface area (Å²) in [5.41, 5.74) is 2.09. The van der Waals surface area contributed by atoms with Gasteiger partial charge in [0.15, 0.2) is 5.96 Å². The first-order valence-corrected chi connectivity index (χ1v) is 9.97. The lowest BCUT2D eigenvalue weighted by Gasteiger charge is -2.12.